The number of rotatable bonds is 7. The number of phenolic OH excluding ortho intramolecular Hbond substituents is 1. The number of hydrogen-bond acceptors (Lipinski definition) is 10. The summed E-state index contributed by atoms with van der Waals surface area (Å²) in [7, 11) is 14.3. The van der Waals surface area contributed by atoms with Crippen LogP contribution in [0.15, 0.2) is 118 Å². The van der Waals surface area contributed by atoms with Gasteiger partial charge in [-0.3, -0.25) is 10.1 Å². The molecule has 0 radical (unpaired) electrons. The first-order valence-corrected chi connectivity index (χ1v) is 25.7. The minimum atomic E-state index is -0.873. The highest BCUT2D eigenvalue weighted by molar-refractivity contribution is 8.92. The van der Waals surface area contributed by atoms with Crippen molar-refractivity contribution in [1.82, 2.24) is 15.2 Å². The molecule has 282 valence electrons. The van der Waals surface area contributed by atoms with Crippen LogP contribution in [0.25, 0.3) is 33.9 Å². The van der Waals surface area contributed by atoms with Gasteiger partial charge in [-0.15, -0.1) is 35.7 Å². The fraction of sp³-hybridized carbons (Fsp3) is 0.111. The summed E-state index contributed by atoms with van der Waals surface area (Å²) in [5.41, 5.74) is 11.5. The Bertz CT molecular complexity index is 2220. The summed E-state index contributed by atoms with van der Waals surface area (Å²) in [4.78, 5) is 19.5. The first kappa shape index (κ1) is 42.8. The van der Waals surface area contributed by atoms with E-state index in [0.29, 0.717) is 45.2 Å². The van der Waals surface area contributed by atoms with E-state index >= 15 is 0 Å². The number of aliphatic imine (C=N–C) groups is 1. The number of carboxylic acid groups (broad SMARTS) is 1. The van der Waals surface area contributed by atoms with E-state index in [1.54, 1.807) is 37.4 Å². The number of fused-ring (bicyclic) bond motifs is 1. The topological polar surface area (TPSA) is 189 Å². The third kappa shape index (κ3) is 11.5. The van der Waals surface area contributed by atoms with Gasteiger partial charge < -0.3 is 34.9 Å². The highest BCUT2D eigenvalue weighted by atomic mass is 33.0. The predicted molar refractivity (Wildman–Crippen MR) is 235 cm³/mol. The van der Waals surface area contributed by atoms with E-state index in [9.17, 15) is 9.90 Å². The number of allylic oxidation sites excluding steroid dienone is 1. The molecule has 0 bridgehead atoms. The number of H-pyrrole nitrogens is 1. The number of nitrogen functional groups attached to an aromatic ring is 1. The molecule has 0 amide bonds. The minimum absolute atomic E-state index is 0.00900. The molecule has 0 aliphatic carbocycles. The Morgan fingerprint density at radius 2 is 1.43 bits per heavy atom. The molecular formula is C36H41N5O7P6. The quantitative estimate of drug-likeness (QED) is 0.0588. The van der Waals surface area contributed by atoms with Crippen LogP contribution in [0.1, 0.15) is 12.5 Å². The maximum absolute atomic E-state index is 10.9. The molecule has 1 aliphatic rings. The molecule has 3 heterocycles. The SMILES string of the molecule is CC1=C(C(=O)O)CN=C1c1ccccc1.COc1ccc(N)c(O)c1.COc1ccc2nc(-c3[nH]nc(-c4ccccc4)c3O)oc2c1.PP(P)P(P)P. The lowest BCUT2D eigenvalue weighted by molar-refractivity contribution is -0.132. The molecule has 54 heavy (non-hydrogen) atoms. The highest BCUT2D eigenvalue weighted by Crippen LogP contribution is 2.86. The standard InChI is InChI=1S/C17H13N3O3.C12H11NO2.C7H9NO2.H8P6/c1-22-11-7-8-12-13(9-11)23-17(18-12)15-16(21)14(19-20-15)10-5-3-2-4-6-10;1-8-10(12(14)15)7-13-11(8)9-5-3-2-4-6-9;1-10-5-2-3-6(8)7(9)4-5;1-5(2)6(3)4/h2-9,21H,1H3,(H,19,20);2-6H,7H2,1H3,(H,14,15);2-4,9H,8H2,1H3;1-4H2. The van der Waals surface area contributed by atoms with Gasteiger partial charge >= 0.3 is 5.97 Å². The zero-order valence-corrected chi connectivity index (χ0v) is 35.9. The van der Waals surface area contributed by atoms with Crippen LogP contribution in [0.4, 0.5) is 5.69 Å². The van der Waals surface area contributed by atoms with E-state index in [1.165, 1.54) is 13.2 Å². The molecule has 4 atom stereocenters. The van der Waals surface area contributed by atoms with Gasteiger partial charge in [0.2, 0.25) is 5.89 Å². The van der Waals surface area contributed by atoms with E-state index in [1.807, 2.05) is 67.6 Å². The van der Waals surface area contributed by atoms with E-state index < -0.39 is 5.97 Å². The van der Waals surface area contributed by atoms with E-state index in [0.717, 1.165) is 22.4 Å². The van der Waals surface area contributed by atoms with Crippen molar-refractivity contribution in [3.05, 3.63) is 114 Å². The number of phenols is 1. The van der Waals surface area contributed by atoms with Crippen molar-refractivity contribution in [1.29, 1.82) is 0 Å². The Labute approximate surface area is 324 Å². The molecule has 2 aromatic heterocycles. The second kappa shape index (κ2) is 20.6. The van der Waals surface area contributed by atoms with Gasteiger partial charge in [-0.25, -0.2) is 9.78 Å². The van der Waals surface area contributed by atoms with Crippen molar-refractivity contribution in [2.45, 2.75) is 6.92 Å². The average molecular weight is 842 g/mol. The van der Waals surface area contributed by atoms with Crippen molar-refractivity contribution in [3.8, 4) is 45.8 Å². The lowest BCUT2D eigenvalue weighted by atomic mass is 10.0. The fourth-order valence-electron chi connectivity index (χ4n) is 4.74. The van der Waals surface area contributed by atoms with E-state index in [2.05, 4.69) is 55.9 Å². The molecule has 4 unspecified atom stereocenters. The number of nitrogens with one attached hydrogen (secondary N) is 1. The molecule has 12 nitrogen and oxygen atoms in total. The number of nitrogens with two attached hydrogens (primary N) is 1. The summed E-state index contributed by atoms with van der Waals surface area (Å²) in [5, 5.41) is 35.3. The first-order valence-electron chi connectivity index (χ1n) is 15.9. The maximum Gasteiger partial charge on any atom is 0.333 e. The van der Waals surface area contributed by atoms with Gasteiger partial charge in [0.1, 0.15) is 28.5 Å². The van der Waals surface area contributed by atoms with Crippen molar-refractivity contribution >= 4 is 78.2 Å². The molecule has 1 aliphatic heterocycles. The Kier molecular flexibility index (Phi) is 16.3. The van der Waals surface area contributed by atoms with E-state index in [-0.39, 0.29) is 37.9 Å². The lowest BCUT2D eigenvalue weighted by Gasteiger charge is -2.06. The number of benzene rings is 4. The van der Waals surface area contributed by atoms with Crippen LogP contribution in [-0.2, 0) is 4.79 Å². The minimum Gasteiger partial charge on any atom is -0.506 e. The lowest BCUT2D eigenvalue weighted by Crippen LogP contribution is -2.05. The monoisotopic (exact) mass is 841 g/mol. The number of aromatic amines is 1. The van der Waals surface area contributed by atoms with Gasteiger partial charge in [-0.1, -0.05) is 60.7 Å². The van der Waals surface area contributed by atoms with Crippen molar-refractivity contribution < 1.29 is 34.0 Å². The van der Waals surface area contributed by atoms with Crippen molar-refractivity contribution in [2.24, 2.45) is 4.99 Å². The van der Waals surface area contributed by atoms with Crippen LogP contribution >= 0.6 is 49.7 Å². The second-order valence-electron chi connectivity index (χ2n) is 11.1. The number of aromatic nitrogens is 3. The van der Waals surface area contributed by atoms with Gasteiger partial charge in [0, 0.05) is 17.7 Å². The number of anilines is 1. The summed E-state index contributed by atoms with van der Waals surface area (Å²) in [6, 6.07) is 29.2. The summed E-state index contributed by atoms with van der Waals surface area (Å²) in [6.07, 6.45) is 0. The van der Waals surface area contributed by atoms with Crippen molar-refractivity contribution in [2.75, 3.05) is 26.5 Å². The molecule has 6 aromatic rings. The number of carboxylic acids is 1. The Hall–Kier alpha value is -3.98. The smallest absolute Gasteiger partial charge is 0.333 e. The highest BCUT2D eigenvalue weighted by Gasteiger charge is 2.22. The number of oxazole rings is 1. The molecule has 0 spiro atoms. The van der Waals surface area contributed by atoms with Gasteiger partial charge in [0.25, 0.3) is 0 Å². The average Bonchev–Trinajstić information content (AvgIpc) is 3.89. The van der Waals surface area contributed by atoms with Crippen LogP contribution in [0.2, 0.25) is 0 Å². The third-order valence-corrected chi connectivity index (χ3v) is 28.9. The van der Waals surface area contributed by atoms with Crippen LogP contribution in [0, 0.1) is 0 Å². The molecule has 6 N–H and O–H groups in total. The summed E-state index contributed by atoms with van der Waals surface area (Å²) < 4.78 is 15.7. The molecule has 18 heteroatoms. The Morgan fingerprint density at radius 1 is 0.852 bits per heavy atom. The zero-order valence-electron chi connectivity index (χ0n) is 29.5. The maximum atomic E-state index is 10.9. The Morgan fingerprint density at radius 3 is 1.96 bits per heavy atom. The van der Waals surface area contributed by atoms with E-state index in [4.69, 9.17) is 29.8 Å². The number of ether oxygens (including phenoxy) is 2. The van der Waals surface area contributed by atoms with Gasteiger partial charge in [0.05, 0.1) is 37.7 Å². The molecule has 0 saturated carbocycles. The summed E-state index contributed by atoms with van der Waals surface area (Å²) in [6.45, 7) is 2.42. The number of methoxy groups -OCH3 is 2. The van der Waals surface area contributed by atoms with Crippen LogP contribution in [0.5, 0.6) is 23.0 Å². The third-order valence-electron chi connectivity index (χ3n) is 7.61. The largest absolute Gasteiger partial charge is 0.506 e. The molecule has 0 fully saturated rings. The number of carbonyl (C=O) groups is 1. The predicted octanol–water partition coefficient (Wildman–Crippen LogP) is 9.50. The van der Waals surface area contributed by atoms with Gasteiger partial charge in [0.15, 0.2) is 17.0 Å². The number of aromatic hydroxyl groups is 2. The van der Waals surface area contributed by atoms with Crippen LogP contribution < -0.4 is 15.2 Å². The second-order valence-corrected chi connectivity index (χ2v) is 30.9. The number of aliphatic carboxylic acids is 1. The molecular weight excluding hydrogens is 800 g/mol. The van der Waals surface area contributed by atoms with Gasteiger partial charge in [-0.2, -0.15) is 5.10 Å². The Balaban J connectivity index is 0.000000180. The van der Waals surface area contributed by atoms with Gasteiger partial charge in [-0.05, 0) is 56.3 Å². The van der Waals surface area contributed by atoms with Crippen molar-refractivity contribution in [3.63, 3.8) is 0 Å². The first-order chi connectivity index (χ1) is 25.8. The molecule has 7 rings (SSSR count). The molecule has 4 aromatic carbocycles. The molecule has 0 saturated heterocycles. The number of nitrogens with zero attached hydrogens (tertiary/aromatic N) is 3. The van der Waals surface area contributed by atoms with Crippen LogP contribution in [0.3, 0.4) is 0 Å². The fourth-order valence-corrected chi connectivity index (χ4v) is 4.74. The number of hydrogen-bond donors (Lipinski definition) is 5. The summed E-state index contributed by atoms with van der Waals surface area (Å²) in [5.74, 6) is 0.752. The van der Waals surface area contributed by atoms with Crippen LogP contribution in [-0.4, -0.2) is 62.9 Å². The zero-order chi connectivity index (χ0) is 39.4. The normalized spacial score (nSPS) is 11.9. The summed E-state index contributed by atoms with van der Waals surface area (Å²) >= 11 is 0.